The molecule has 1 amide bonds. The molecule has 29 heavy (non-hydrogen) atoms. The van der Waals surface area contributed by atoms with E-state index < -0.39 is 5.91 Å². The molecule has 0 unspecified atom stereocenters. The molecule has 7 heteroatoms. The van der Waals surface area contributed by atoms with Gasteiger partial charge in [-0.15, -0.1) is 0 Å². The molecule has 0 spiro atoms. The highest BCUT2D eigenvalue weighted by molar-refractivity contribution is 6.32. The molecule has 0 saturated heterocycles. The largest absolute Gasteiger partial charge is 0.495 e. The number of nitrogens with one attached hydrogen (secondary N) is 1. The van der Waals surface area contributed by atoms with Crippen LogP contribution in [0.5, 0.6) is 17.2 Å². The van der Waals surface area contributed by atoms with E-state index in [0.29, 0.717) is 46.0 Å². The molecule has 0 fully saturated rings. The van der Waals surface area contributed by atoms with Gasteiger partial charge in [0.2, 0.25) is 0 Å². The summed E-state index contributed by atoms with van der Waals surface area (Å²) in [5.41, 5.74) is 1.03. The molecule has 0 heterocycles. The Morgan fingerprint density at radius 2 is 1.83 bits per heavy atom. The Labute approximate surface area is 175 Å². The van der Waals surface area contributed by atoms with Crippen LogP contribution in [-0.2, 0) is 4.79 Å². The second-order valence-corrected chi connectivity index (χ2v) is 7.00. The maximum Gasteiger partial charge on any atom is 0.266 e. The summed E-state index contributed by atoms with van der Waals surface area (Å²) in [6, 6.07) is 12.0. The van der Waals surface area contributed by atoms with Gasteiger partial charge in [-0.2, -0.15) is 5.26 Å². The SMILES string of the molecule is COc1ccc(NC(=O)/C(C#N)=C/c2ccc(OCC(C)C)c(OC)c2)cc1Cl. The van der Waals surface area contributed by atoms with Gasteiger partial charge in [-0.3, -0.25) is 4.79 Å². The third-order valence-corrected chi connectivity index (χ3v) is 4.14. The summed E-state index contributed by atoms with van der Waals surface area (Å²) in [7, 11) is 3.04. The van der Waals surface area contributed by atoms with Crippen LogP contribution in [0.2, 0.25) is 5.02 Å². The molecule has 1 N–H and O–H groups in total. The minimum atomic E-state index is -0.548. The van der Waals surface area contributed by atoms with E-state index in [0.717, 1.165) is 0 Å². The summed E-state index contributed by atoms with van der Waals surface area (Å²) in [4.78, 5) is 12.5. The van der Waals surface area contributed by atoms with E-state index >= 15 is 0 Å². The number of benzene rings is 2. The van der Waals surface area contributed by atoms with Gasteiger partial charge < -0.3 is 19.5 Å². The van der Waals surface area contributed by atoms with Crippen LogP contribution in [0.15, 0.2) is 42.0 Å². The molecule has 0 aliphatic heterocycles. The van der Waals surface area contributed by atoms with E-state index in [2.05, 4.69) is 19.2 Å². The Balaban J connectivity index is 2.21. The zero-order valence-corrected chi connectivity index (χ0v) is 17.5. The van der Waals surface area contributed by atoms with Crippen molar-refractivity contribution in [2.45, 2.75) is 13.8 Å². The van der Waals surface area contributed by atoms with Gasteiger partial charge in [-0.1, -0.05) is 31.5 Å². The number of nitrogens with zero attached hydrogens (tertiary/aromatic N) is 1. The van der Waals surface area contributed by atoms with Gasteiger partial charge in [-0.05, 0) is 47.9 Å². The lowest BCUT2D eigenvalue weighted by Gasteiger charge is -2.13. The number of amides is 1. The zero-order chi connectivity index (χ0) is 21.4. The first-order valence-electron chi connectivity index (χ1n) is 8.95. The molecular formula is C22H23ClN2O4. The van der Waals surface area contributed by atoms with Crippen LogP contribution in [0.3, 0.4) is 0 Å². The van der Waals surface area contributed by atoms with Crippen LogP contribution in [0, 0.1) is 17.2 Å². The Hall–Kier alpha value is -3.17. The van der Waals surface area contributed by atoms with Crippen LogP contribution in [0.1, 0.15) is 19.4 Å². The molecule has 2 rings (SSSR count). The van der Waals surface area contributed by atoms with Crippen LogP contribution in [0.4, 0.5) is 5.69 Å². The van der Waals surface area contributed by atoms with Crippen molar-refractivity contribution in [2.24, 2.45) is 5.92 Å². The van der Waals surface area contributed by atoms with E-state index in [9.17, 15) is 10.1 Å². The highest BCUT2D eigenvalue weighted by atomic mass is 35.5. The second kappa shape index (κ2) is 10.4. The highest BCUT2D eigenvalue weighted by Crippen LogP contribution is 2.30. The number of carbonyl (C=O) groups excluding carboxylic acids is 1. The Kier molecular flexibility index (Phi) is 7.93. The topological polar surface area (TPSA) is 80.6 Å². The van der Waals surface area contributed by atoms with E-state index in [1.165, 1.54) is 20.3 Å². The van der Waals surface area contributed by atoms with E-state index in [1.54, 1.807) is 36.4 Å². The average Bonchev–Trinajstić information content (AvgIpc) is 2.70. The molecule has 0 bridgehead atoms. The summed E-state index contributed by atoms with van der Waals surface area (Å²) in [6.45, 7) is 4.66. The highest BCUT2D eigenvalue weighted by Gasteiger charge is 2.12. The number of anilines is 1. The molecule has 2 aromatic carbocycles. The Morgan fingerprint density at radius 1 is 1.14 bits per heavy atom. The summed E-state index contributed by atoms with van der Waals surface area (Å²) in [5.74, 6) is 1.45. The van der Waals surface area contributed by atoms with Crippen molar-refractivity contribution in [3.05, 3.63) is 52.6 Å². The van der Waals surface area contributed by atoms with Crippen molar-refractivity contribution in [3.63, 3.8) is 0 Å². The lowest BCUT2D eigenvalue weighted by molar-refractivity contribution is -0.112. The fourth-order valence-electron chi connectivity index (χ4n) is 2.41. The van der Waals surface area contributed by atoms with E-state index in [4.69, 9.17) is 25.8 Å². The number of halogens is 1. The van der Waals surface area contributed by atoms with Gasteiger partial charge >= 0.3 is 0 Å². The first-order valence-corrected chi connectivity index (χ1v) is 9.33. The monoisotopic (exact) mass is 414 g/mol. The van der Waals surface area contributed by atoms with Gasteiger partial charge in [0.1, 0.15) is 17.4 Å². The predicted octanol–water partition coefficient (Wildman–Crippen LogP) is 4.94. The molecule has 0 saturated carbocycles. The van der Waals surface area contributed by atoms with Crippen molar-refractivity contribution in [1.29, 1.82) is 5.26 Å². The van der Waals surface area contributed by atoms with Gasteiger partial charge in [-0.25, -0.2) is 0 Å². The maximum absolute atomic E-state index is 12.5. The Bertz CT molecular complexity index is 948. The smallest absolute Gasteiger partial charge is 0.266 e. The molecule has 0 atom stereocenters. The first kappa shape index (κ1) is 22.1. The summed E-state index contributed by atoms with van der Waals surface area (Å²) >= 11 is 6.07. The van der Waals surface area contributed by atoms with E-state index in [1.807, 2.05) is 6.07 Å². The van der Waals surface area contributed by atoms with Crippen molar-refractivity contribution in [1.82, 2.24) is 0 Å². The Morgan fingerprint density at radius 3 is 2.41 bits per heavy atom. The van der Waals surface area contributed by atoms with Gasteiger partial charge in [0.05, 0.1) is 25.8 Å². The molecule has 152 valence electrons. The fraction of sp³-hybridized carbons (Fsp3) is 0.273. The quantitative estimate of drug-likeness (QED) is 0.489. The molecule has 0 aliphatic rings. The van der Waals surface area contributed by atoms with E-state index in [-0.39, 0.29) is 5.57 Å². The lowest BCUT2D eigenvalue weighted by atomic mass is 10.1. The molecule has 0 radical (unpaired) electrons. The average molecular weight is 415 g/mol. The third-order valence-electron chi connectivity index (χ3n) is 3.85. The van der Waals surface area contributed by atoms with Gasteiger partial charge in [0, 0.05) is 5.69 Å². The van der Waals surface area contributed by atoms with Crippen molar-refractivity contribution >= 4 is 29.3 Å². The van der Waals surface area contributed by atoms with Crippen LogP contribution in [0.25, 0.3) is 6.08 Å². The summed E-state index contributed by atoms with van der Waals surface area (Å²) in [6.07, 6.45) is 1.48. The molecule has 6 nitrogen and oxygen atoms in total. The number of rotatable bonds is 8. The van der Waals surface area contributed by atoms with Gasteiger partial charge in [0.25, 0.3) is 5.91 Å². The normalized spacial score (nSPS) is 11.0. The standard InChI is InChI=1S/C22H23ClN2O4/c1-14(2)13-29-20-7-5-15(10-21(20)28-4)9-16(12-24)22(26)25-17-6-8-19(27-3)18(23)11-17/h5-11,14H,13H2,1-4H3,(H,25,26)/b16-9+. The van der Waals surface area contributed by atoms with Crippen molar-refractivity contribution in [2.75, 3.05) is 26.1 Å². The number of carbonyl (C=O) groups is 1. The number of hydrogen-bond acceptors (Lipinski definition) is 5. The van der Waals surface area contributed by atoms with Crippen molar-refractivity contribution < 1.29 is 19.0 Å². The molecule has 0 aliphatic carbocycles. The lowest BCUT2D eigenvalue weighted by Crippen LogP contribution is -2.13. The number of ether oxygens (including phenoxy) is 3. The first-order chi connectivity index (χ1) is 13.9. The van der Waals surface area contributed by atoms with Crippen LogP contribution >= 0.6 is 11.6 Å². The predicted molar refractivity (Wildman–Crippen MR) is 114 cm³/mol. The minimum absolute atomic E-state index is 0.0603. The fourth-order valence-corrected chi connectivity index (χ4v) is 2.67. The second-order valence-electron chi connectivity index (χ2n) is 6.59. The van der Waals surface area contributed by atoms with Crippen LogP contribution in [-0.4, -0.2) is 26.7 Å². The minimum Gasteiger partial charge on any atom is -0.495 e. The maximum atomic E-state index is 12.5. The van der Waals surface area contributed by atoms with Crippen LogP contribution < -0.4 is 19.5 Å². The van der Waals surface area contributed by atoms with Gasteiger partial charge in [0.15, 0.2) is 11.5 Å². The summed E-state index contributed by atoms with van der Waals surface area (Å²) < 4.78 is 16.2. The number of hydrogen-bond donors (Lipinski definition) is 1. The molecule has 2 aromatic rings. The summed E-state index contributed by atoms with van der Waals surface area (Å²) in [5, 5.41) is 12.4. The third kappa shape index (κ3) is 6.16. The molecular weight excluding hydrogens is 392 g/mol. The number of nitriles is 1. The van der Waals surface area contributed by atoms with Crippen molar-refractivity contribution in [3.8, 4) is 23.3 Å². The zero-order valence-electron chi connectivity index (χ0n) is 16.8. The molecule has 0 aromatic heterocycles. The number of methoxy groups -OCH3 is 2.